The van der Waals surface area contributed by atoms with E-state index >= 15 is 0 Å². The highest BCUT2D eigenvalue weighted by atomic mass is 16.5. The SMILES string of the molecule is CCC(C)NCc1ccc(N(CC)CCC(=O)O)c(OC)c1. The van der Waals surface area contributed by atoms with Gasteiger partial charge in [-0.1, -0.05) is 13.0 Å². The Morgan fingerprint density at radius 1 is 1.41 bits per heavy atom. The summed E-state index contributed by atoms with van der Waals surface area (Å²) in [5.41, 5.74) is 2.11. The highest BCUT2D eigenvalue weighted by Gasteiger charge is 2.13. The molecule has 1 unspecified atom stereocenters. The zero-order valence-electron chi connectivity index (χ0n) is 14.1. The van der Waals surface area contributed by atoms with Gasteiger partial charge >= 0.3 is 5.97 Å². The molecule has 1 aromatic rings. The van der Waals surface area contributed by atoms with Crippen LogP contribution in [0.5, 0.6) is 5.75 Å². The summed E-state index contributed by atoms with van der Waals surface area (Å²) in [4.78, 5) is 12.8. The van der Waals surface area contributed by atoms with E-state index in [0.29, 0.717) is 12.6 Å². The number of nitrogens with one attached hydrogen (secondary N) is 1. The lowest BCUT2D eigenvalue weighted by Gasteiger charge is -2.25. The van der Waals surface area contributed by atoms with Gasteiger partial charge in [-0.05, 0) is 38.0 Å². The van der Waals surface area contributed by atoms with Crippen molar-refractivity contribution < 1.29 is 14.6 Å². The number of hydrogen-bond acceptors (Lipinski definition) is 4. The van der Waals surface area contributed by atoms with E-state index < -0.39 is 5.97 Å². The second-order valence-corrected chi connectivity index (χ2v) is 5.42. The molecule has 1 atom stereocenters. The first-order chi connectivity index (χ1) is 10.5. The van der Waals surface area contributed by atoms with Crippen molar-refractivity contribution in [2.24, 2.45) is 0 Å². The lowest BCUT2D eigenvalue weighted by Crippen LogP contribution is -2.26. The molecule has 1 rings (SSSR count). The Labute approximate surface area is 133 Å². The number of hydrogen-bond donors (Lipinski definition) is 2. The van der Waals surface area contributed by atoms with Gasteiger partial charge in [-0.3, -0.25) is 4.79 Å². The van der Waals surface area contributed by atoms with Crippen LogP contribution in [0.1, 0.15) is 39.2 Å². The van der Waals surface area contributed by atoms with Gasteiger partial charge in [-0.2, -0.15) is 0 Å². The number of carboxylic acid groups (broad SMARTS) is 1. The molecule has 0 aliphatic heterocycles. The van der Waals surface area contributed by atoms with Crippen molar-refractivity contribution >= 4 is 11.7 Å². The fraction of sp³-hybridized carbons (Fsp3) is 0.588. The van der Waals surface area contributed by atoms with Crippen molar-refractivity contribution in [3.63, 3.8) is 0 Å². The fourth-order valence-corrected chi connectivity index (χ4v) is 2.21. The molecule has 0 heterocycles. The Morgan fingerprint density at radius 3 is 2.68 bits per heavy atom. The van der Waals surface area contributed by atoms with Crippen LogP contribution in [-0.2, 0) is 11.3 Å². The van der Waals surface area contributed by atoms with E-state index in [1.54, 1.807) is 7.11 Å². The van der Waals surface area contributed by atoms with Crippen LogP contribution in [0.4, 0.5) is 5.69 Å². The molecule has 22 heavy (non-hydrogen) atoms. The van der Waals surface area contributed by atoms with Crippen molar-refractivity contribution in [1.82, 2.24) is 5.32 Å². The largest absolute Gasteiger partial charge is 0.495 e. The third-order valence-corrected chi connectivity index (χ3v) is 3.83. The van der Waals surface area contributed by atoms with Crippen molar-refractivity contribution in [3.8, 4) is 5.75 Å². The summed E-state index contributed by atoms with van der Waals surface area (Å²) in [6, 6.07) is 6.58. The molecule has 2 N–H and O–H groups in total. The highest BCUT2D eigenvalue weighted by molar-refractivity contribution is 5.68. The Morgan fingerprint density at radius 2 is 2.14 bits per heavy atom. The topological polar surface area (TPSA) is 61.8 Å². The van der Waals surface area contributed by atoms with Crippen LogP contribution >= 0.6 is 0 Å². The summed E-state index contributed by atoms with van der Waals surface area (Å²) in [7, 11) is 1.65. The van der Waals surface area contributed by atoms with Gasteiger partial charge in [-0.25, -0.2) is 0 Å². The zero-order chi connectivity index (χ0) is 16.5. The van der Waals surface area contributed by atoms with Crippen LogP contribution in [0, 0.1) is 0 Å². The molecule has 0 spiro atoms. The van der Waals surface area contributed by atoms with Crippen molar-refractivity contribution in [2.75, 3.05) is 25.1 Å². The minimum absolute atomic E-state index is 0.119. The molecule has 0 aromatic heterocycles. The number of ether oxygens (including phenoxy) is 1. The molecule has 0 fully saturated rings. The second-order valence-electron chi connectivity index (χ2n) is 5.42. The van der Waals surface area contributed by atoms with Gasteiger partial charge in [0.2, 0.25) is 0 Å². The van der Waals surface area contributed by atoms with Gasteiger partial charge in [0.1, 0.15) is 5.75 Å². The van der Waals surface area contributed by atoms with Gasteiger partial charge in [0, 0.05) is 25.7 Å². The van der Waals surface area contributed by atoms with Gasteiger partial charge in [0.05, 0.1) is 19.2 Å². The summed E-state index contributed by atoms with van der Waals surface area (Å²) in [6.07, 6.45) is 1.21. The number of nitrogens with zero attached hydrogens (tertiary/aromatic N) is 1. The maximum absolute atomic E-state index is 10.8. The number of methoxy groups -OCH3 is 1. The Balaban J connectivity index is 2.84. The van der Waals surface area contributed by atoms with Crippen LogP contribution in [-0.4, -0.2) is 37.3 Å². The third-order valence-electron chi connectivity index (χ3n) is 3.83. The Kier molecular flexibility index (Phi) is 7.74. The maximum atomic E-state index is 10.8. The first-order valence-electron chi connectivity index (χ1n) is 7.88. The van der Waals surface area contributed by atoms with Crippen molar-refractivity contribution in [2.45, 2.75) is 46.2 Å². The van der Waals surface area contributed by atoms with Crippen LogP contribution in [0.15, 0.2) is 18.2 Å². The van der Waals surface area contributed by atoms with Gasteiger partial charge in [-0.15, -0.1) is 0 Å². The molecule has 0 radical (unpaired) electrons. The molecule has 0 aliphatic carbocycles. The molecule has 5 heteroatoms. The monoisotopic (exact) mass is 308 g/mol. The number of aliphatic carboxylic acids is 1. The summed E-state index contributed by atoms with van der Waals surface area (Å²) >= 11 is 0. The van der Waals surface area contributed by atoms with Crippen molar-refractivity contribution in [1.29, 1.82) is 0 Å². The Hall–Kier alpha value is -1.75. The van der Waals surface area contributed by atoms with Crippen LogP contribution < -0.4 is 15.0 Å². The van der Waals surface area contributed by atoms with Crippen LogP contribution in [0.2, 0.25) is 0 Å². The zero-order valence-corrected chi connectivity index (χ0v) is 14.1. The van der Waals surface area contributed by atoms with E-state index in [1.165, 1.54) is 0 Å². The van der Waals surface area contributed by atoms with E-state index in [1.807, 2.05) is 24.0 Å². The second kappa shape index (κ2) is 9.30. The number of carboxylic acids is 1. The Bertz CT molecular complexity index is 477. The number of benzene rings is 1. The van der Waals surface area contributed by atoms with E-state index in [4.69, 9.17) is 9.84 Å². The van der Waals surface area contributed by atoms with Crippen molar-refractivity contribution in [3.05, 3.63) is 23.8 Å². The number of anilines is 1. The lowest BCUT2D eigenvalue weighted by atomic mass is 10.1. The standard InChI is InChI=1S/C17H28N2O3/c1-5-13(3)18-12-14-7-8-15(16(11-14)22-4)19(6-2)10-9-17(20)21/h7-8,11,13,18H,5-6,9-10,12H2,1-4H3,(H,20,21). The highest BCUT2D eigenvalue weighted by Crippen LogP contribution is 2.29. The summed E-state index contributed by atoms with van der Waals surface area (Å²) in [5.74, 6) is 0.00230. The smallest absolute Gasteiger partial charge is 0.305 e. The van der Waals surface area contributed by atoms with Gasteiger partial charge in [0.25, 0.3) is 0 Å². The molecule has 1 aromatic carbocycles. The van der Waals surface area contributed by atoms with E-state index in [0.717, 1.165) is 36.5 Å². The predicted octanol–water partition coefficient (Wildman–Crippen LogP) is 2.88. The molecule has 0 saturated carbocycles. The third kappa shape index (κ3) is 5.56. The minimum Gasteiger partial charge on any atom is -0.495 e. The molecule has 0 saturated heterocycles. The first-order valence-corrected chi connectivity index (χ1v) is 7.88. The fourth-order valence-electron chi connectivity index (χ4n) is 2.21. The molecule has 5 nitrogen and oxygen atoms in total. The summed E-state index contributed by atoms with van der Waals surface area (Å²) in [5, 5.41) is 12.3. The molecule has 0 bridgehead atoms. The molecule has 124 valence electrons. The molecule has 0 amide bonds. The van der Waals surface area contributed by atoms with Crippen LogP contribution in [0.3, 0.4) is 0 Å². The molecular weight excluding hydrogens is 280 g/mol. The molecule has 0 aliphatic rings. The normalized spacial score (nSPS) is 12.0. The average molecular weight is 308 g/mol. The van der Waals surface area contributed by atoms with E-state index in [-0.39, 0.29) is 6.42 Å². The van der Waals surface area contributed by atoms with Gasteiger partial charge in [0.15, 0.2) is 0 Å². The summed E-state index contributed by atoms with van der Waals surface area (Å²) < 4.78 is 5.49. The number of rotatable bonds is 10. The average Bonchev–Trinajstić information content (AvgIpc) is 2.53. The quantitative estimate of drug-likeness (QED) is 0.696. The lowest BCUT2D eigenvalue weighted by molar-refractivity contribution is -0.136. The van der Waals surface area contributed by atoms with Gasteiger partial charge < -0.3 is 20.1 Å². The predicted molar refractivity (Wildman–Crippen MR) is 89.7 cm³/mol. The van der Waals surface area contributed by atoms with E-state index in [2.05, 4.69) is 25.2 Å². The van der Waals surface area contributed by atoms with E-state index in [9.17, 15) is 4.79 Å². The number of carbonyl (C=O) groups is 1. The molecular formula is C17H28N2O3. The summed E-state index contributed by atoms with van der Waals surface area (Å²) in [6.45, 7) is 8.35. The van der Waals surface area contributed by atoms with Crippen LogP contribution in [0.25, 0.3) is 0 Å². The minimum atomic E-state index is -0.785. The maximum Gasteiger partial charge on any atom is 0.305 e. The first kappa shape index (κ1) is 18.3.